The Hall–Kier alpha value is -1.24. The molecule has 0 fully saturated rings. The van der Waals surface area contributed by atoms with Gasteiger partial charge in [-0.3, -0.25) is 4.79 Å². The second-order valence-electron chi connectivity index (χ2n) is 3.88. The van der Waals surface area contributed by atoms with Crippen LogP contribution in [0, 0.1) is 0 Å². The second kappa shape index (κ2) is 8.84. The van der Waals surface area contributed by atoms with E-state index in [9.17, 15) is 9.59 Å². The molecule has 0 aliphatic heterocycles. The number of rotatable bonds is 7. The maximum absolute atomic E-state index is 11.6. The maximum Gasteiger partial charge on any atom is 0.330 e. The highest BCUT2D eigenvalue weighted by Crippen LogP contribution is 2.20. The summed E-state index contributed by atoms with van der Waals surface area (Å²) < 4.78 is 4.46. The van der Waals surface area contributed by atoms with Gasteiger partial charge in [-0.15, -0.1) is 11.8 Å². The van der Waals surface area contributed by atoms with E-state index in [1.54, 1.807) is 12.1 Å². The lowest BCUT2D eigenvalue weighted by molar-refractivity contribution is -0.146. The third kappa shape index (κ3) is 5.81. The van der Waals surface area contributed by atoms with Crippen LogP contribution in [0.15, 0.2) is 29.2 Å². The third-order valence-electron chi connectivity index (χ3n) is 2.41. The molecule has 110 valence electrons. The quantitative estimate of drug-likeness (QED) is 0.588. The van der Waals surface area contributed by atoms with Crippen LogP contribution in [0.3, 0.4) is 0 Å². The van der Waals surface area contributed by atoms with Crippen LogP contribution in [0.5, 0.6) is 0 Å². The Balaban J connectivity index is 2.32. The van der Waals surface area contributed by atoms with Crippen LogP contribution in [0.25, 0.3) is 0 Å². The number of methoxy groups -OCH3 is 1. The second-order valence-corrected chi connectivity index (χ2v) is 5.48. The van der Waals surface area contributed by atoms with E-state index >= 15 is 0 Å². The average molecular weight is 318 g/mol. The highest BCUT2D eigenvalue weighted by atomic mass is 35.5. The summed E-state index contributed by atoms with van der Waals surface area (Å²) in [4.78, 5) is 23.8. The van der Waals surface area contributed by atoms with Gasteiger partial charge in [0.1, 0.15) is 0 Å². The molecule has 0 saturated carbocycles. The fourth-order valence-electron chi connectivity index (χ4n) is 1.38. The molecule has 1 aromatic rings. The minimum absolute atomic E-state index is 0.237. The highest BCUT2D eigenvalue weighted by molar-refractivity contribution is 7.99. The lowest BCUT2D eigenvalue weighted by atomic mass is 10.3. The zero-order valence-corrected chi connectivity index (χ0v) is 12.5. The zero-order valence-electron chi connectivity index (χ0n) is 11.0. The SMILES string of the molecule is COC(=O)[C@H](CO)NC(=O)CCSc1ccc(Cl)cc1. The summed E-state index contributed by atoms with van der Waals surface area (Å²) in [6, 6.07) is 6.30. The number of aliphatic hydroxyl groups is 1. The molecule has 0 aliphatic rings. The number of esters is 1. The number of hydrogen-bond acceptors (Lipinski definition) is 5. The number of halogens is 1. The summed E-state index contributed by atoms with van der Waals surface area (Å²) in [5.74, 6) is -0.408. The summed E-state index contributed by atoms with van der Waals surface area (Å²) in [6.45, 7) is -0.483. The molecule has 2 N–H and O–H groups in total. The predicted molar refractivity (Wildman–Crippen MR) is 77.8 cm³/mol. The van der Waals surface area contributed by atoms with Crippen molar-refractivity contribution in [2.75, 3.05) is 19.5 Å². The molecule has 0 spiro atoms. The monoisotopic (exact) mass is 317 g/mol. The number of thioether (sulfide) groups is 1. The van der Waals surface area contributed by atoms with E-state index in [0.29, 0.717) is 10.8 Å². The van der Waals surface area contributed by atoms with E-state index in [-0.39, 0.29) is 12.3 Å². The lowest BCUT2D eigenvalue weighted by Crippen LogP contribution is -2.44. The molecular weight excluding hydrogens is 302 g/mol. The van der Waals surface area contributed by atoms with Crippen molar-refractivity contribution < 1.29 is 19.4 Å². The number of carbonyl (C=O) groups is 2. The minimum atomic E-state index is -1.01. The van der Waals surface area contributed by atoms with Crippen LogP contribution in [0.1, 0.15) is 6.42 Å². The molecule has 0 saturated heterocycles. The van der Waals surface area contributed by atoms with Gasteiger partial charge >= 0.3 is 5.97 Å². The van der Waals surface area contributed by atoms with Crippen molar-refractivity contribution in [3.05, 3.63) is 29.3 Å². The molecule has 5 nitrogen and oxygen atoms in total. The van der Waals surface area contributed by atoms with E-state index in [2.05, 4.69) is 10.1 Å². The van der Waals surface area contributed by atoms with Gasteiger partial charge in [0, 0.05) is 22.1 Å². The van der Waals surface area contributed by atoms with Gasteiger partial charge in [0.25, 0.3) is 0 Å². The molecule has 0 heterocycles. The number of aliphatic hydroxyl groups excluding tert-OH is 1. The van der Waals surface area contributed by atoms with Crippen LogP contribution < -0.4 is 5.32 Å². The molecule has 7 heteroatoms. The van der Waals surface area contributed by atoms with Crippen molar-refractivity contribution in [3.8, 4) is 0 Å². The van der Waals surface area contributed by atoms with Crippen LogP contribution in [0.4, 0.5) is 0 Å². The first-order chi connectivity index (χ1) is 9.56. The van der Waals surface area contributed by atoms with E-state index in [0.717, 1.165) is 4.90 Å². The molecule has 1 aromatic carbocycles. The van der Waals surface area contributed by atoms with Crippen LogP contribution in [-0.2, 0) is 14.3 Å². The predicted octanol–water partition coefficient (Wildman–Crippen LogP) is 1.47. The highest BCUT2D eigenvalue weighted by Gasteiger charge is 2.19. The zero-order chi connectivity index (χ0) is 15.0. The molecule has 1 rings (SSSR count). The van der Waals surface area contributed by atoms with E-state index in [4.69, 9.17) is 16.7 Å². The molecule has 20 heavy (non-hydrogen) atoms. The largest absolute Gasteiger partial charge is 0.467 e. The van der Waals surface area contributed by atoms with Crippen molar-refractivity contribution >= 4 is 35.2 Å². The fourth-order valence-corrected chi connectivity index (χ4v) is 2.36. The van der Waals surface area contributed by atoms with Gasteiger partial charge in [0.2, 0.25) is 5.91 Å². The summed E-state index contributed by atoms with van der Waals surface area (Å²) in [7, 11) is 1.20. The van der Waals surface area contributed by atoms with Gasteiger partial charge in [-0.25, -0.2) is 4.79 Å². The van der Waals surface area contributed by atoms with Crippen molar-refractivity contribution in [1.82, 2.24) is 5.32 Å². The number of benzene rings is 1. The van der Waals surface area contributed by atoms with Gasteiger partial charge in [-0.2, -0.15) is 0 Å². The van der Waals surface area contributed by atoms with Crippen molar-refractivity contribution in [3.63, 3.8) is 0 Å². The summed E-state index contributed by atoms with van der Waals surface area (Å²) in [6.07, 6.45) is 0.237. The molecule has 0 radical (unpaired) electrons. The topological polar surface area (TPSA) is 75.6 Å². The van der Waals surface area contributed by atoms with Crippen LogP contribution in [0.2, 0.25) is 5.02 Å². The van der Waals surface area contributed by atoms with E-state index in [1.807, 2.05) is 12.1 Å². The standard InChI is InChI=1S/C13H16ClNO4S/c1-19-13(18)11(8-16)15-12(17)6-7-20-10-4-2-9(14)3-5-10/h2-5,11,16H,6-8H2,1H3,(H,15,17)/t11-/m0/s1. The molecule has 1 amide bonds. The smallest absolute Gasteiger partial charge is 0.330 e. The normalized spacial score (nSPS) is 11.8. The van der Waals surface area contributed by atoms with Crippen molar-refractivity contribution in [1.29, 1.82) is 0 Å². The molecule has 0 bridgehead atoms. The van der Waals surface area contributed by atoms with Crippen molar-refractivity contribution in [2.24, 2.45) is 0 Å². The maximum atomic E-state index is 11.6. The fraction of sp³-hybridized carbons (Fsp3) is 0.385. The number of ether oxygens (including phenoxy) is 1. The van der Waals surface area contributed by atoms with Gasteiger partial charge < -0.3 is 15.2 Å². The Morgan fingerprint density at radius 2 is 2.05 bits per heavy atom. The van der Waals surface area contributed by atoms with Gasteiger partial charge in [-0.1, -0.05) is 11.6 Å². The van der Waals surface area contributed by atoms with E-state index < -0.39 is 18.6 Å². The third-order valence-corrected chi connectivity index (χ3v) is 3.68. The lowest BCUT2D eigenvalue weighted by Gasteiger charge is -2.13. The Labute approximate surface area is 126 Å². The number of amides is 1. The number of carbonyl (C=O) groups excluding carboxylic acids is 2. The average Bonchev–Trinajstić information content (AvgIpc) is 2.46. The van der Waals surface area contributed by atoms with Gasteiger partial charge in [0.05, 0.1) is 13.7 Å². The van der Waals surface area contributed by atoms with Gasteiger partial charge in [0.15, 0.2) is 6.04 Å². The molecule has 0 aromatic heterocycles. The summed E-state index contributed by atoms with van der Waals surface area (Å²) in [5, 5.41) is 12.1. The number of nitrogens with one attached hydrogen (secondary N) is 1. The Morgan fingerprint density at radius 1 is 1.40 bits per heavy atom. The van der Waals surface area contributed by atoms with E-state index in [1.165, 1.54) is 18.9 Å². The first-order valence-corrected chi connectivity index (χ1v) is 7.29. The summed E-state index contributed by atoms with van der Waals surface area (Å²) >= 11 is 7.28. The molecule has 1 atom stereocenters. The Morgan fingerprint density at radius 3 is 2.60 bits per heavy atom. The van der Waals surface area contributed by atoms with Crippen LogP contribution in [-0.4, -0.2) is 42.5 Å². The minimum Gasteiger partial charge on any atom is -0.467 e. The molecular formula is C13H16ClNO4S. The van der Waals surface area contributed by atoms with Gasteiger partial charge in [-0.05, 0) is 24.3 Å². The Kier molecular flexibility index (Phi) is 7.43. The number of hydrogen-bond donors (Lipinski definition) is 2. The summed E-state index contributed by atoms with van der Waals surface area (Å²) in [5.41, 5.74) is 0. The molecule has 0 unspecified atom stereocenters. The van der Waals surface area contributed by atoms with Crippen LogP contribution >= 0.6 is 23.4 Å². The van der Waals surface area contributed by atoms with Crippen molar-refractivity contribution in [2.45, 2.75) is 17.4 Å². The first kappa shape index (κ1) is 16.8. The Bertz CT molecular complexity index is 452. The molecule has 0 aliphatic carbocycles. The first-order valence-electron chi connectivity index (χ1n) is 5.93.